The number of alkyl halides is 3. The third-order valence-electron chi connectivity index (χ3n) is 3.28. The molecule has 11 heteroatoms. The van der Waals surface area contributed by atoms with E-state index in [4.69, 9.17) is 4.74 Å². The number of ether oxygens (including phenoxy) is 1. The lowest BCUT2D eigenvalue weighted by Gasteiger charge is -2.29. The van der Waals surface area contributed by atoms with Crippen molar-refractivity contribution in [1.82, 2.24) is 10.2 Å². The van der Waals surface area contributed by atoms with Gasteiger partial charge in [0.2, 0.25) is 16.0 Å². The summed E-state index contributed by atoms with van der Waals surface area (Å²) < 4.78 is 42.6. The van der Waals surface area contributed by atoms with E-state index in [0.29, 0.717) is 11.4 Å². The molecule has 1 N–H and O–H groups in total. The van der Waals surface area contributed by atoms with Crippen LogP contribution in [0, 0.1) is 0 Å². The lowest BCUT2D eigenvalue weighted by atomic mass is 10.2. The summed E-state index contributed by atoms with van der Waals surface area (Å²) in [6, 6.07) is 6.88. The van der Waals surface area contributed by atoms with Gasteiger partial charge in [0.05, 0.1) is 5.69 Å². The summed E-state index contributed by atoms with van der Waals surface area (Å²) in [5.74, 6) is -0.343. The molecule has 2 amide bonds. The lowest BCUT2D eigenvalue weighted by Crippen LogP contribution is -2.40. The van der Waals surface area contributed by atoms with Gasteiger partial charge >= 0.3 is 6.18 Å². The van der Waals surface area contributed by atoms with E-state index in [-0.39, 0.29) is 41.9 Å². The number of halogens is 3. The van der Waals surface area contributed by atoms with Gasteiger partial charge in [-0.2, -0.15) is 13.2 Å². The SMILES string of the molecule is O=C(CCN1C(=O)COc2ccccc21)Nc1nnc(C(F)(F)F)s1. The Hall–Kier alpha value is -2.69. The number of benzene rings is 1. The Balaban J connectivity index is 1.61. The number of amides is 2. The van der Waals surface area contributed by atoms with Crippen LogP contribution >= 0.6 is 11.3 Å². The monoisotopic (exact) mass is 372 g/mol. The maximum atomic E-state index is 12.5. The first-order valence-electron chi connectivity index (χ1n) is 7.07. The Bertz CT molecular complexity index is 809. The summed E-state index contributed by atoms with van der Waals surface area (Å²) in [7, 11) is 0. The molecule has 0 spiro atoms. The Kier molecular flexibility index (Phi) is 4.57. The topological polar surface area (TPSA) is 84.4 Å². The van der Waals surface area contributed by atoms with E-state index in [1.807, 2.05) is 0 Å². The van der Waals surface area contributed by atoms with Crippen molar-refractivity contribution in [2.75, 3.05) is 23.4 Å². The third-order valence-corrected chi connectivity index (χ3v) is 4.17. The third kappa shape index (κ3) is 3.87. The van der Waals surface area contributed by atoms with Gasteiger partial charge in [-0.05, 0) is 12.1 Å². The minimum absolute atomic E-state index is 0.0654. The average molecular weight is 372 g/mol. The normalized spacial score (nSPS) is 14.0. The molecular weight excluding hydrogens is 361 g/mol. The van der Waals surface area contributed by atoms with E-state index in [0.717, 1.165) is 0 Å². The molecule has 0 bridgehead atoms. The van der Waals surface area contributed by atoms with Gasteiger partial charge in [0.15, 0.2) is 6.61 Å². The van der Waals surface area contributed by atoms with Gasteiger partial charge in [-0.25, -0.2) is 0 Å². The van der Waals surface area contributed by atoms with Crippen LogP contribution in [0.1, 0.15) is 11.4 Å². The number of carbonyl (C=O) groups is 2. The molecule has 1 aromatic carbocycles. The van der Waals surface area contributed by atoms with Crippen molar-refractivity contribution in [3.8, 4) is 5.75 Å². The minimum Gasteiger partial charge on any atom is -0.482 e. The molecule has 2 heterocycles. The molecule has 25 heavy (non-hydrogen) atoms. The van der Waals surface area contributed by atoms with Crippen LogP contribution in [0.5, 0.6) is 5.75 Å². The van der Waals surface area contributed by atoms with Gasteiger partial charge in [-0.1, -0.05) is 23.5 Å². The highest BCUT2D eigenvalue weighted by Gasteiger charge is 2.35. The number of nitrogens with zero attached hydrogens (tertiary/aromatic N) is 3. The Morgan fingerprint density at radius 1 is 1.32 bits per heavy atom. The molecule has 1 aliphatic heterocycles. The number of hydrogen-bond donors (Lipinski definition) is 1. The predicted octanol–water partition coefficient (Wildman–Crippen LogP) is 2.31. The van der Waals surface area contributed by atoms with E-state index < -0.39 is 17.1 Å². The van der Waals surface area contributed by atoms with Crippen molar-refractivity contribution < 1.29 is 27.5 Å². The molecule has 7 nitrogen and oxygen atoms in total. The van der Waals surface area contributed by atoms with Crippen molar-refractivity contribution in [2.24, 2.45) is 0 Å². The zero-order valence-corrected chi connectivity index (χ0v) is 13.4. The Morgan fingerprint density at radius 2 is 2.08 bits per heavy atom. The van der Waals surface area contributed by atoms with Crippen LogP contribution in [0.2, 0.25) is 0 Å². The molecule has 1 aliphatic rings. The van der Waals surface area contributed by atoms with E-state index in [2.05, 4.69) is 15.5 Å². The molecule has 3 rings (SSSR count). The second kappa shape index (κ2) is 6.67. The van der Waals surface area contributed by atoms with Crippen LogP contribution in [0.4, 0.5) is 24.0 Å². The highest BCUT2D eigenvalue weighted by atomic mass is 32.1. The molecule has 0 saturated carbocycles. The standard InChI is InChI=1S/C14H11F3N4O3S/c15-14(16,17)12-19-20-13(25-12)18-10(22)5-6-21-8-3-1-2-4-9(8)24-7-11(21)23/h1-4H,5-7H2,(H,18,20,22). The quantitative estimate of drug-likeness (QED) is 0.890. The van der Waals surface area contributed by atoms with Crippen LogP contribution in [-0.2, 0) is 15.8 Å². The van der Waals surface area contributed by atoms with E-state index in [9.17, 15) is 22.8 Å². The molecule has 0 fully saturated rings. The van der Waals surface area contributed by atoms with Crippen LogP contribution in [0.25, 0.3) is 0 Å². The van der Waals surface area contributed by atoms with Crippen LogP contribution < -0.4 is 15.0 Å². The van der Waals surface area contributed by atoms with Gasteiger partial charge in [0.1, 0.15) is 5.75 Å². The van der Waals surface area contributed by atoms with Crippen molar-refractivity contribution in [1.29, 1.82) is 0 Å². The number of aromatic nitrogens is 2. The zero-order valence-electron chi connectivity index (χ0n) is 12.5. The second-order valence-electron chi connectivity index (χ2n) is 5.01. The number of nitrogens with one attached hydrogen (secondary N) is 1. The van der Waals surface area contributed by atoms with Gasteiger partial charge in [-0.3, -0.25) is 9.59 Å². The minimum atomic E-state index is -4.61. The summed E-state index contributed by atoms with van der Waals surface area (Å²) in [4.78, 5) is 25.3. The van der Waals surface area contributed by atoms with Crippen LogP contribution in [0.3, 0.4) is 0 Å². The number of rotatable bonds is 4. The number of anilines is 2. The summed E-state index contributed by atoms with van der Waals surface area (Å²) in [5, 5.41) is 7.13. The number of fused-ring (bicyclic) bond motifs is 1. The fraction of sp³-hybridized carbons (Fsp3) is 0.286. The van der Waals surface area contributed by atoms with Gasteiger partial charge in [-0.15, -0.1) is 10.2 Å². The van der Waals surface area contributed by atoms with E-state index >= 15 is 0 Å². The first-order chi connectivity index (χ1) is 11.8. The zero-order chi connectivity index (χ0) is 18.0. The fourth-order valence-corrected chi connectivity index (χ4v) is 2.81. The number of carbonyl (C=O) groups excluding carboxylic acids is 2. The smallest absolute Gasteiger partial charge is 0.445 e. The van der Waals surface area contributed by atoms with Crippen molar-refractivity contribution in [2.45, 2.75) is 12.6 Å². The maximum Gasteiger partial charge on any atom is 0.445 e. The molecule has 2 aromatic rings. The molecule has 0 saturated heterocycles. The molecule has 0 atom stereocenters. The molecule has 132 valence electrons. The summed E-state index contributed by atoms with van der Waals surface area (Å²) >= 11 is 0.239. The Morgan fingerprint density at radius 3 is 2.80 bits per heavy atom. The first kappa shape index (κ1) is 17.1. The van der Waals surface area contributed by atoms with E-state index in [1.165, 1.54) is 4.90 Å². The maximum absolute atomic E-state index is 12.5. The predicted molar refractivity (Wildman–Crippen MR) is 82.4 cm³/mol. The van der Waals surface area contributed by atoms with Crippen molar-refractivity contribution in [3.63, 3.8) is 0 Å². The fourth-order valence-electron chi connectivity index (χ4n) is 2.18. The molecule has 0 unspecified atom stereocenters. The average Bonchev–Trinajstić information content (AvgIpc) is 3.02. The highest BCUT2D eigenvalue weighted by Crippen LogP contribution is 2.33. The van der Waals surface area contributed by atoms with Crippen LogP contribution in [0.15, 0.2) is 24.3 Å². The molecule has 1 aromatic heterocycles. The van der Waals surface area contributed by atoms with E-state index in [1.54, 1.807) is 24.3 Å². The summed E-state index contributed by atoms with van der Waals surface area (Å²) in [6.45, 7) is -0.0695. The van der Waals surface area contributed by atoms with Crippen molar-refractivity contribution in [3.05, 3.63) is 29.3 Å². The first-order valence-corrected chi connectivity index (χ1v) is 7.89. The second-order valence-corrected chi connectivity index (χ2v) is 5.99. The largest absolute Gasteiger partial charge is 0.482 e. The van der Waals surface area contributed by atoms with Crippen LogP contribution in [-0.4, -0.2) is 35.2 Å². The Labute approximate surface area is 143 Å². The van der Waals surface area contributed by atoms with Crippen molar-refractivity contribution >= 4 is 34.0 Å². The highest BCUT2D eigenvalue weighted by molar-refractivity contribution is 7.15. The summed E-state index contributed by atoms with van der Waals surface area (Å²) in [5.41, 5.74) is 0.543. The van der Waals surface area contributed by atoms with Gasteiger partial charge in [0, 0.05) is 13.0 Å². The van der Waals surface area contributed by atoms with Gasteiger partial charge < -0.3 is 15.0 Å². The lowest BCUT2D eigenvalue weighted by molar-refractivity contribution is -0.138. The molecular formula is C14H11F3N4O3S. The van der Waals surface area contributed by atoms with Gasteiger partial charge in [0.25, 0.3) is 5.91 Å². The number of para-hydroxylation sites is 2. The number of hydrogen-bond acceptors (Lipinski definition) is 6. The molecule has 0 aliphatic carbocycles. The molecule has 0 radical (unpaired) electrons. The summed E-state index contributed by atoms with van der Waals surface area (Å²) in [6.07, 6.45) is -4.72.